The summed E-state index contributed by atoms with van der Waals surface area (Å²) in [5.74, 6) is 0.643. The number of aryl methyl sites for hydroxylation is 3. The Bertz CT molecular complexity index is 624. The van der Waals surface area contributed by atoms with Gasteiger partial charge in [-0.15, -0.1) is 0 Å². The van der Waals surface area contributed by atoms with E-state index < -0.39 is 0 Å². The quantitative estimate of drug-likeness (QED) is 0.773. The number of carbonyl (C=O) groups is 1. The van der Waals surface area contributed by atoms with Crippen molar-refractivity contribution < 1.29 is 9.53 Å². The summed E-state index contributed by atoms with van der Waals surface area (Å²) >= 11 is 6.10. The lowest BCUT2D eigenvalue weighted by molar-refractivity contribution is 0.0921. The Kier molecular flexibility index (Phi) is 4.46. The van der Waals surface area contributed by atoms with Gasteiger partial charge in [0.2, 0.25) is 0 Å². The summed E-state index contributed by atoms with van der Waals surface area (Å²) in [6, 6.07) is 11.2. The molecule has 2 aromatic rings. The Hall–Kier alpha value is -1.80. The van der Waals surface area contributed by atoms with Crippen molar-refractivity contribution in [1.29, 1.82) is 0 Å². The van der Waals surface area contributed by atoms with E-state index in [1.54, 1.807) is 6.07 Å². The molecular weight excluding hydrogens is 272 g/mol. The maximum atomic E-state index is 12.1. The molecule has 0 saturated carbocycles. The van der Waals surface area contributed by atoms with Gasteiger partial charge in [-0.25, -0.2) is 0 Å². The first-order valence-corrected chi connectivity index (χ1v) is 6.84. The van der Waals surface area contributed by atoms with Crippen molar-refractivity contribution in [3.63, 3.8) is 0 Å². The predicted molar refractivity (Wildman–Crippen MR) is 81.9 cm³/mol. The Morgan fingerprint density at radius 3 is 2.35 bits per heavy atom. The van der Waals surface area contributed by atoms with Gasteiger partial charge in [0.25, 0.3) is 0 Å². The molecule has 3 heteroatoms. The van der Waals surface area contributed by atoms with Crippen molar-refractivity contribution in [3.05, 3.63) is 63.7 Å². The molecule has 0 unspecified atom stereocenters. The van der Waals surface area contributed by atoms with Crippen LogP contribution in [0, 0.1) is 20.8 Å². The summed E-state index contributed by atoms with van der Waals surface area (Å²) in [6.45, 7) is 5.84. The van der Waals surface area contributed by atoms with Crippen LogP contribution in [0.15, 0.2) is 36.4 Å². The summed E-state index contributed by atoms with van der Waals surface area (Å²) in [6.07, 6.45) is 0. The van der Waals surface area contributed by atoms with Crippen molar-refractivity contribution in [3.8, 4) is 5.75 Å². The maximum Gasteiger partial charge on any atom is 0.200 e. The fourth-order valence-electron chi connectivity index (χ4n) is 2.04. The minimum Gasteiger partial charge on any atom is -0.485 e. The number of Topliss-reactive ketones (excluding diaryl/α,β-unsaturated/α-hetero) is 1. The SMILES string of the molecule is Cc1cccc(C(=O)COc2cc(C)c(Cl)c(C)c2)c1. The summed E-state index contributed by atoms with van der Waals surface area (Å²) in [5.41, 5.74) is 3.63. The molecule has 20 heavy (non-hydrogen) atoms. The number of hydrogen-bond donors (Lipinski definition) is 0. The third-order valence-corrected chi connectivity index (χ3v) is 3.72. The van der Waals surface area contributed by atoms with Crippen LogP contribution in [0.5, 0.6) is 5.75 Å². The summed E-state index contributed by atoms with van der Waals surface area (Å²) < 4.78 is 5.57. The van der Waals surface area contributed by atoms with E-state index in [1.165, 1.54) is 0 Å². The van der Waals surface area contributed by atoms with Gasteiger partial charge in [-0.1, -0.05) is 35.4 Å². The first-order valence-electron chi connectivity index (χ1n) is 6.47. The highest BCUT2D eigenvalue weighted by molar-refractivity contribution is 6.32. The molecule has 0 saturated heterocycles. The minimum absolute atomic E-state index is 0.0287. The molecule has 0 N–H and O–H groups in total. The second-order valence-corrected chi connectivity index (χ2v) is 5.33. The summed E-state index contributed by atoms with van der Waals surface area (Å²) in [7, 11) is 0. The largest absolute Gasteiger partial charge is 0.485 e. The van der Waals surface area contributed by atoms with Gasteiger partial charge in [0.1, 0.15) is 5.75 Å². The lowest BCUT2D eigenvalue weighted by atomic mass is 10.1. The van der Waals surface area contributed by atoms with Crippen LogP contribution in [0.1, 0.15) is 27.0 Å². The maximum absolute atomic E-state index is 12.1. The average molecular weight is 289 g/mol. The van der Waals surface area contributed by atoms with E-state index in [4.69, 9.17) is 16.3 Å². The molecule has 0 aromatic heterocycles. The van der Waals surface area contributed by atoms with Crippen molar-refractivity contribution in [2.75, 3.05) is 6.61 Å². The van der Waals surface area contributed by atoms with Gasteiger partial charge in [-0.2, -0.15) is 0 Å². The number of hydrogen-bond acceptors (Lipinski definition) is 2. The lowest BCUT2D eigenvalue weighted by Gasteiger charge is -2.09. The number of rotatable bonds is 4. The molecule has 0 bridgehead atoms. The lowest BCUT2D eigenvalue weighted by Crippen LogP contribution is -2.11. The molecule has 0 spiro atoms. The molecule has 0 aliphatic carbocycles. The number of carbonyl (C=O) groups excluding carboxylic acids is 1. The van der Waals surface area contributed by atoms with Crippen molar-refractivity contribution in [2.45, 2.75) is 20.8 Å². The standard InChI is InChI=1S/C17H17ClO2/c1-11-5-4-6-14(7-11)16(19)10-20-15-8-12(2)17(18)13(3)9-15/h4-9H,10H2,1-3H3. The fraction of sp³-hybridized carbons (Fsp3) is 0.235. The molecule has 0 heterocycles. The van der Waals surface area contributed by atoms with Crippen LogP contribution in [0.4, 0.5) is 0 Å². The second kappa shape index (κ2) is 6.10. The second-order valence-electron chi connectivity index (χ2n) is 4.95. The van der Waals surface area contributed by atoms with Crippen LogP contribution < -0.4 is 4.74 Å². The van der Waals surface area contributed by atoms with Crippen LogP contribution >= 0.6 is 11.6 Å². The van der Waals surface area contributed by atoms with Gasteiger partial charge in [-0.05, 0) is 50.1 Å². The highest BCUT2D eigenvalue weighted by Gasteiger charge is 2.08. The molecule has 0 atom stereocenters. The van der Waals surface area contributed by atoms with Crippen LogP contribution in [-0.4, -0.2) is 12.4 Å². The van der Waals surface area contributed by atoms with Crippen LogP contribution in [-0.2, 0) is 0 Å². The van der Waals surface area contributed by atoms with E-state index >= 15 is 0 Å². The molecule has 104 valence electrons. The summed E-state index contributed by atoms with van der Waals surface area (Å²) in [5, 5.41) is 0.738. The first-order chi connectivity index (χ1) is 9.47. The Balaban J connectivity index is 2.07. The van der Waals surface area contributed by atoms with Gasteiger partial charge >= 0.3 is 0 Å². The van der Waals surface area contributed by atoms with E-state index in [2.05, 4.69) is 0 Å². The zero-order valence-corrected chi connectivity index (χ0v) is 12.6. The van der Waals surface area contributed by atoms with E-state index in [0.29, 0.717) is 11.3 Å². The van der Waals surface area contributed by atoms with Crippen LogP contribution in [0.25, 0.3) is 0 Å². The highest BCUT2D eigenvalue weighted by Crippen LogP contribution is 2.25. The highest BCUT2D eigenvalue weighted by atomic mass is 35.5. The van der Waals surface area contributed by atoms with E-state index in [-0.39, 0.29) is 12.4 Å². The number of halogens is 1. The molecule has 0 amide bonds. The van der Waals surface area contributed by atoms with Crippen molar-refractivity contribution in [2.24, 2.45) is 0 Å². The molecule has 0 aliphatic heterocycles. The molecule has 2 nitrogen and oxygen atoms in total. The zero-order valence-electron chi connectivity index (χ0n) is 11.9. The summed E-state index contributed by atoms with van der Waals surface area (Å²) in [4.78, 5) is 12.1. The van der Waals surface area contributed by atoms with Gasteiger partial charge in [0.15, 0.2) is 12.4 Å². The van der Waals surface area contributed by atoms with E-state index in [9.17, 15) is 4.79 Å². The fourth-order valence-corrected chi connectivity index (χ4v) is 2.15. The number of ether oxygens (including phenoxy) is 1. The van der Waals surface area contributed by atoms with Gasteiger partial charge in [0, 0.05) is 10.6 Å². The number of benzene rings is 2. The van der Waals surface area contributed by atoms with Crippen molar-refractivity contribution in [1.82, 2.24) is 0 Å². The van der Waals surface area contributed by atoms with E-state index in [0.717, 1.165) is 21.7 Å². The Morgan fingerprint density at radius 1 is 1.10 bits per heavy atom. The van der Waals surface area contributed by atoms with E-state index in [1.807, 2.05) is 51.1 Å². The smallest absolute Gasteiger partial charge is 0.200 e. The van der Waals surface area contributed by atoms with Gasteiger partial charge in [-0.3, -0.25) is 4.79 Å². The van der Waals surface area contributed by atoms with Gasteiger partial charge < -0.3 is 4.74 Å². The zero-order chi connectivity index (χ0) is 14.7. The molecule has 0 radical (unpaired) electrons. The van der Waals surface area contributed by atoms with Crippen LogP contribution in [0.2, 0.25) is 5.02 Å². The predicted octanol–water partition coefficient (Wildman–Crippen LogP) is 4.53. The number of ketones is 1. The first kappa shape index (κ1) is 14.6. The Morgan fingerprint density at radius 2 is 1.75 bits per heavy atom. The molecule has 2 aromatic carbocycles. The molecule has 2 rings (SSSR count). The molecule has 0 fully saturated rings. The third kappa shape index (κ3) is 3.40. The van der Waals surface area contributed by atoms with Crippen LogP contribution in [0.3, 0.4) is 0 Å². The topological polar surface area (TPSA) is 26.3 Å². The average Bonchev–Trinajstić information content (AvgIpc) is 2.42. The minimum atomic E-state index is -0.0287. The van der Waals surface area contributed by atoms with Gasteiger partial charge in [0.05, 0.1) is 0 Å². The third-order valence-electron chi connectivity index (χ3n) is 3.12. The monoisotopic (exact) mass is 288 g/mol. The molecule has 0 aliphatic rings. The normalized spacial score (nSPS) is 10.4. The van der Waals surface area contributed by atoms with Crippen molar-refractivity contribution >= 4 is 17.4 Å². The molecular formula is C17H17ClO2. The Labute approximate surface area is 124 Å².